The largest absolute Gasteiger partial charge is 0.342 e. The SMILES string of the molecule is Cc1c(C(=O)N(C)CCCCN(C)C(=O)c2ccc3cncn3c2C)ccc2cncn12. The van der Waals surface area contributed by atoms with Crippen LogP contribution in [0.25, 0.3) is 11.0 Å². The fourth-order valence-corrected chi connectivity index (χ4v) is 4.02. The molecule has 0 aliphatic heterocycles. The molecule has 4 heterocycles. The number of amides is 2. The number of carbonyl (C=O) groups is 2. The molecule has 32 heavy (non-hydrogen) atoms. The van der Waals surface area contributed by atoms with Gasteiger partial charge < -0.3 is 18.6 Å². The topological polar surface area (TPSA) is 75.2 Å². The molecule has 0 saturated carbocycles. The van der Waals surface area contributed by atoms with E-state index in [1.165, 1.54) is 0 Å². The minimum Gasteiger partial charge on any atom is -0.342 e. The van der Waals surface area contributed by atoms with Gasteiger partial charge >= 0.3 is 0 Å². The quantitative estimate of drug-likeness (QED) is 0.420. The first kappa shape index (κ1) is 21.5. The van der Waals surface area contributed by atoms with Gasteiger partial charge in [-0.3, -0.25) is 9.59 Å². The van der Waals surface area contributed by atoms with Crippen molar-refractivity contribution >= 4 is 22.8 Å². The molecule has 4 aromatic heterocycles. The van der Waals surface area contributed by atoms with E-state index in [1.807, 2.05) is 61.0 Å². The maximum Gasteiger partial charge on any atom is 0.255 e. The van der Waals surface area contributed by atoms with Gasteiger partial charge in [0, 0.05) is 38.6 Å². The number of hydrogen-bond donors (Lipinski definition) is 0. The Hall–Kier alpha value is -3.68. The average Bonchev–Trinajstić information content (AvgIpc) is 3.46. The first-order valence-electron chi connectivity index (χ1n) is 10.7. The molecule has 0 saturated heterocycles. The summed E-state index contributed by atoms with van der Waals surface area (Å²) in [6, 6.07) is 7.53. The lowest BCUT2D eigenvalue weighted by atomic mass is 10.1. The monoisotopic (exact) mass is 432 g/mol. The van der Waals surface area contributed by atoms with Crippen molar-refractivity contribution in [3.63, 3.8) is 0 Å². The Morgan fingerprint density at radius 3 is 1.56 bits per heavy atom. The van der Waals surface area contributed by atoms with Crippen molar-refractivity contribution < 1.29 is 9.59 Å². The molecule has 4 aromatic rings. The second-order valence-corrected chi connectivity index (χ2v) is 8.20. The van der Waals surface area contributed by atoms with Gasteiger partial charge in [-0.05, 0) is 51.0 Å². The van der Waals surface area contributed by atoms with Gasteiger partial charge in [0.25, 0.3) is 11.8 Å². The third kappa shape index (κ3) is 3.95. The van der Waals surface area contributed by atoms with Gasteiger partial charge in [0.05, 0.1) is 47.2 Å². The van der Waals surface area contributed by atoms with Gasteiger partial charge in [-0.1, -0.05) is 0 Å². The van der Waals surface area contributed by atoms with Crippen molar-refractivity contribution in [3.8, 4) is 0 Å². The Balaban J connectivity index is 1.31. The maximum atomic E-state index is 12.9. The number of carbonyl (C=O) groups excluding carboxylic acids is 2. The highest BCUT2D eigenvalue weighted by molar-refractivity contribution is 5.96. The summed E-state index contributed by atoms with van der Waals surface area (Å²) in [6.45, 7) is 5.11. The minimum absolute atomic E-state index is 0.00760. The molecule has 0 radical (unpaired) electrons. The van der Waals surface area contributed by atoms with E-state index in [0.717, 1.165) is 35.3 Å². The maximum absolute atomic E-state index is 12.9. The molecule has 0 aromatic carbocycles. The van der Waals surface area contributed by atoms with Crippen molar-refractivity contribution in [2.24, 2.45) is 0 Å². The standard InChI is InChI=1S/C24H28N6O2/c1-17-21(9-7-19-13-25-15-29(17)19)23(31)27(3)11-5-6-12-28(4)24(32)22-10-8-20-14-26-16-30(20)18(22)2/h7-10,13-16H,5-6,11-12H2,1-4H3. The van der Waals surface area contributed by atoms with Crippen molar-refractivity contribution in [2.45, 2.75) is 26.7 Å². The van der Waals surface area contributed by atoms with E-state index in [-0.39, 0.29) is 11.8 Å². The smallest absolute Gasteiger partial charge is 0.255 e. The van der Waals surface area contributed by atoms with Crippen molar-refractivity contribution in [1.29, 1.82) is 0 Å². The van der Waals surface area contributed by atoms with Crippen LogP contribution >= 0.6 is 0 Å². The average molecular weight is 433 g/mol. The summed E-state index contributed by atoms with van der Waals surface area (Å²) >= 11 is 0. The summed E-state index contributed by atoms with van der Waals surface area (Å²) in [5.41, 5.74) is 5.06. The number of nitrogens with zero attached hydrogens (tertiary/aromatic N) is 6. The third-order valence-corrected chi connectivity index (χ3v) is 6.07. The van der Waals surface area contributed by atoms with Gasteiger partial charge in [-0.2, -0.15) is 0 Å². The highest BCUT2D eigenvalue weighted by Crippen LogP contribution is 2.16. The molecule has 0 aliphatic carbocycles. The van der Waals surface area contributed by atoms with Crippen LogP contribution in [0.1, 0.15) is 44.9 Å². The van der Waals surface area contributed by atoms with Crippen LogP contribution in [0.3, 0.4) is 0 Å². The Morgan fingerprint density at radius 1 is 0.750 bits per heavy atom. The second-order valence-electron chi connectivity index (χ2n) is 8.20. The van der Waals surface area contributed by atoms with E-state index in [2.05, 4.69) is 9.97 Å². The zero-order valence-corrected chi connectivity index (χ0v) is 18.9. The lowest BCUT2D eigenvalue weighted by molar-refractivity contribution is 0.0765. The minimum atomic E-state index is -0.00760. The fraction of sp³-hybridized carbons (Fsp3) is 0.333. The summed E-state index contributed by atoms with van der Waals surface area (Å²) in [7, 11) is 3.64. The predicted molar refractivity (Wildman–Crippen MR) is 123 cm³/mol. The van der Waals surface area contributed by atoms with Crippen molar-refractivity contribution in [1.82, 2.24) is 28.6 Å². The zero-order chi connectivity index (χ0) is 22.8. The summed E-state index contributed by atoms with van der Waals surface area (Å²) in [6.07, 6.45) is 8.62. The molecule has 4 rings (SSSR count). The molecule has 2 amide bonds. The van der Waals surface area contributed by atoms with Crippen LogP contribution in [-0.4, -0.2) is 67.6 Å². The normalized spacial score (nSPS) is 11.2. The van der Waals surface area contributed by atoms with E-state index < -0.39 is 0 Å². The third-order valence-electron chi connectivity index (χ3n) is 6.07. The molecular weight excluding hydrogens is 404 g/mol. The summed E-state index contributed by atoms with van der Waals surface area (Å²) in [4.78, 5) is 37.5. The molecule has 0 atom stereocenters. The van der Waals surface area contributed by atoms with E-state index >= 15 is 0 Å². The molecule has 166 valence electrons. The summed E-state index contributed by atoms with van der Waals surface area (Å²) in [5.74, 6) is -0.0152. The van der Waals surface area contributed by atoms with Gasteiger partial charge in [-0.25, -0.2) is 9.97 Å². The number of hydrogen-bond acceptors (Lipinski definition) is 4. The van der Waals surface area contributed by atoms with Crippen LogP contribution in [0.4, 0.5) is 0 Å². The van der Waals surface area contributed by atoms with E-state index in [0.29, 0.717) is 24.2 Å². The lowest BCUT2D eigenvalue weighted by Gasteiger charge is -2.21. The van der Waals surface area contributed by atoms with Crippen LogP contribution in [0, 0.1) is 13.8 Å². The Kier molecular flexibility index (Phi) is 5.94. The van der Waals surface area contributed by atoms with E-state index in [1.54, 1.807) is 34.8 Å². The molecule has 0 unspecified atom stereocenters. The molecule has 0 fully saturated rings. The number of unbranched alkanes of at least 4 members (excludes halogenated alkanes) is 1. The van der Waals surface area contributed by atoms with E-state index in [9.17, 15) is 9.59 Å². The molecular formula is C24H28N6O2. The van der Waals surface area contributed by atoms with Crippen LogP contribution < -0.4 is 0 Å². The fourth-order valence-electron chi connectivity index (χ4n) is 4.02. The molecule has 0 bridgehead atoms. The number of imidazole rings is 2. The molecule has 8 heteroatoms. The van der Waals surface area contributed by atoms with Crippen LogP contribution in [0.2, 0.25) is 0 Å². The van der Waals surface area contributed by atoms with Gasteiger partial charge in [0.2, 0.25) is 0 Å². The summed E-state index contributed by atoms with van der Waals surface area (Å²) < 4.78 is 3.84. The van der Waals surface area contributed by atoms with Crippen molar-refractivity contribution in [2.75, 3.05) is 27.2 Å². The summed E-state index contributed by atoms with van der Waals surface area (Å²) in [5, 5.41) is 0. The molecule has 8 nitrogen and oxygen atoms in total. The molecule has 0 spiro atoms. The Labute approximate surface area is 187 Å². The predicted octanol–water partition coefficient (Wildman–Crippen LogP) is 3.22. The van der Waals surface area contributed by atoms with E-state index in [4.69, 9.17) is 0 Å². The highest BCUT2D eigenvalue weighted by atomic mass is 16.2. The first-order chi connectivity index (χ1) is 15.4. The zero-order valence-electron chi connectivity index (χ0n) is 18.9. The van der Waals surface area contributed by atoms with Crippen LogP contribution in [0.5, 0.6) is 0 Å². The lowest BCUT2D eigenvalue weighted by Crippen LogP contribution is -2.31. The number of rotatable bonds is 7. The van der Waals surface area contributed by atoms with Gasteiger partial charge in [0.15, 0.2) is 0 Å². The molecule has 0 aliphatic rings. The van der Waals surface area contributed by atoms with Crippen LogP contribution in [0.15, 0.2) is 49.3 Å². The van der Waals surface area contributed by atoms with Gasteiger partial charge in [0.1, 0.15) is 0 Å². The highest BCUT2D eigenvalue weighted by Gasteiger charge is 2.18. The number of pyridine rings is 2. The van der Waals surface area contributed by atoms with Gasteiger partial charge in [-0.15, -0.1) is 0 Å². The van der Waals surface area contributed by atoms with Crippen molar-refractivity contribution in [3.05, 3.63) is 71.8 Å². The number of fused-ring (bicyclic) bond motifs is 2. The second kappa shape index (κ2) is 8.82. The Bertz CT molecular complexity index is 1190. The first-order valence-corrected chi connectivity index (χ1v) is 10.7. The number of aromatic nitrogens is 4. The van der Waals surface area contributed by atoms with Crippen LogP contribution in [-0.2, 0) is 0 Å². The number of aryl methyl sites for hydroxylation is 2. The Morgan fingerprint density at radius 2 is 1.16 bits per heavy atom. The molecule has 0 N–H and O–H groups in total.